The first-order chi connectivity index (χ1) is 11.1. The van der Waals surface area contributed by atoms with Crippen LogP contribution in [0.25, 0.3) is 27.6 Å². The van der Waals surface area contributed by atoms with Gasteiger partial charge in [-0.2, -0.15) is 5.10 Å². The molecule has 23 heavy (non-hydrogen) atoms. The molecule has 0 aliphatic carbocycles. The normalized spacial score (nSPS) is 11.4. The zero-order chi connectivity index (χ0) is 16.1. The summed E-state index contributed by atoms with van der Waals surface area (Å²) in [5.41, 5.74) is 9.15. The molecule has 2 aromatic heterocycles. The SMILES string of the molecule is Cc1nn(-c2ccc(Cl)c(N)c2)c2[nH]c3ccccc3c(=O)c12. The Labute approximate surface area is 136 Å². The van der Waals surface area contributed by atoms with Crippen molar-refractivity contribution < 1.29 is 0 Å². The molecule has 0 spiro atoms. The number of hydrogen-bond donors (Lipinski definition) is 2. The molecule has 0 aliphatic rings. The molecule has 0 amide bonds. The molecule has 0 atom stereocenters. The molecular weight excluding hydrogens is 312 g/mol. The van der Waals surface area contributed by atoms with E-state index in [2.05, 4.69) is 10.1 Å². The number of aromatic amines is 1. The fourth-order valence-corrected chi connectivity index (χ4v) is 2.93. The van der Waals surface area contributed by atoms with E-state index in [0.29, 0.717) is 32.8 Å². The Morgan fingerprint density at radius 3 is 2.78 bits per heavy atom. The first-order valence-corrected chi connectivity index (χ1v) is 7.50. The van der Waals surface area contributed by atoms with Crippen molar-refractivity contribution in [3.05, 3.63) is 63.4 Å². The fraction of sp³-hybridized carbons (Fsp3) is 0.0588. The molecule has 2 aromatic carbocycles. The molecule has 0 aliphatic heterocycles. The monoisotopic (exact) mass is 324 g/mol. The molecule has 0 saturated carbocycles. The molecule has 3 N–H and O–H groups in total. The van der Waals surface area contributed by atoms with Crippen molar-refractivity contribution in [3.8, 4) is 5.69 Å². The summed E-state index contributed by atoms with van der Waals surface area (Å²) < 4.78 is 1.69. The summed E-state index contributed by atoms with van der Waals surface area (Å²) in [6, 6.07) is 12.7. The zero-order valence-corrected chi connectivity index (χ0v) is 13.1. The van der Waals surface area contributed by atoms with Crippen molar-refractivity contribution in [2.75, 3.05) is 5.73 Å². The second kappa shape index (κ2) is 4.86. The number of aromatic nitrogens is 3. The Balaban J connectivity index is 2.12. The highest BCUT2D eigenvalue weighted by Gasteiger charge is 2.15. The van der Waals surface area contributed by atoms with Gasteiger partial charge >= 0.3 is 0 Å². The summed E-state index contributed by atoms with van der Waals surface area (Å²) in [7, 11) is 0. The van der Waals surface area contributed by atoms with E-state index < -0.39 is 0 Å². The number of nitrogen functional groups attached to an aromatic ring is 1. The predicted molar refractivity (Wildman–Crippen MR) is 93.4 cm³/mol. The van der Waals surface area contributed by atoms with Gasteiger partial charge < -0.3 is 10.7 Å². The number of para-hydroxylation sites is 1. The van der Waals surface area contributed by atoms with Crippen molar-refractivity contribution in [2.24, 2.45) is 0 Å². The van der Waals surface area contributed by atoms with Gasteiger partial charge in [0.05, 0.1) is 33.0 Å². The van der Waals surface area contributed by atoms with Gasteiger partial charge in [-0.1, -0.05) is 23.7 Å². The van der Waals surface area contributed by atoms with Crippen molar-refractivity contribution in [2.45, 2.75) is 6.92 Å². The quantitative estimate of drug-likeness (QED) is 0.527. The second-order valence-electron chi connectivity index (χ2n) is 5.43. The second-order valence-corrected chi connectivity index (χ2v) is 5.83. The van der Waals surface area contributed by atoms with Crippen LogP contribution in [-0.2, 0) is 0 Å². The number of benzene rings is 2. The van der Waals surface area contributed by atoms with Crippen molar-refractivity contribution in [1.82, 2.24) is 14.8 Å². The number of hydrogen-bond acceptors (Lipinski definition) is 3. The number of halogens is 1. The molecule has 5 nitrogen and oxygen atoms in total. The molecule has 2 heterocycles. The Bertz CT molecular complexity index is 1130. The number of nitrogens with two attached hydrogens (primary N) is 1. The molecular formula is C17H13ClN4O. The van der Waals surface area contributed by atoms with Gasteiger partial charge in [0.2, 0.25) is 5.43 Å². The molecule has 0 radical (unpaired) electrons. The van der Waals surface area contributed by atoms with Crippen LogP contribution in [0.15, 0.2) is 47.3 Å². The number of anilines is 1. The number of nitrogens with zero attached hydrogens (tertiary/aromatic N) is 2. The van der Waals surface area contributed by atoms with Crippen LogP contribution in [0.1, 0.15) is 5.69 Å². The summed E-state index contributed by atoms with van der Waals surface area (Å²) in [5.74, 6) is 0. The molecule has 0 fully saturated rings. The van der Waals surface area contributed by atoms with Gasteiger partial charge in [-0.25, -0.2) is 4.68 Å². The van der Waals surface area contributed by atoms with Gasteiger partial charge in [0, 0.05) is 5.39 Å². The molecule has 4 aromatic rings. The molecule has 6 heteroatoms. The van der Waals surface area contributed by atoms with Crippen molar-refractivity contribution in [1.29, 1.82) is 0 Å². The summed E-state index contributed by atoms with van der Waals surface area (Å²) >= 11 is 5.98. The Morgan fingerprint density at radius 2 is 2.00 bits per heavy atom. The van der Waals surface area contributed by atoms with E-state index >= 15 is 0 Å². The first kappa shape index (κ1) is 13.8. The van der Waals surface area contributed by atoms with Gasteiger partial charge in [-0.3, -0.25) is 4.79 Å². The number of rotatable bonds is 1. The highest BCUT2D eigenvalue weighted by Crippen LogP contribution is 2.25. The number of H-pyrrole nitrogens is 1. The van der Waals surface area contributed by atoms with Crippen LogP contribution in [0.5, 0.6) is 0 Å². The van der Waals surface area contributed by atoms with Crippen LogP contribution in [0.2, 0.25) is 5.02 Å². The van der Waals surface area contributed by atoms with E-state index in [1.807, 2.05) is 37.3 Å². The number of pyridine rings is 1. The maximum atomic E-state index is 12.8. The minimum Gasteiger partial charge on any atom is -0.397 e. The fourth-order valence-electron chi connectivity index (χ4n) is 2.82. The third-order valence-corrected chi connectivity index (χ3v) is 4.28. The van der Waals surface area contributed by atoms with Gasteiger partial charge in [-0.05, 0) is 37.3 Å². The van der Waals surface area contributed by atoms with Crippen LogP contribution in [0.4, 0.5) is 5.69 Å². The minimum absolute atomic E-state index is 0.0277. The van der Waals surface area contributed by atoms with Crippen molar-refractivity contribution >= 4 is 39.2 Å². The smallest absolute Gasteiger partial charge is 0.200 e. The topological polar surface area (TPSA) is 76.7 Å². The molecule has 4 rings (SSSR count). The molecule has 114 valence electrons. The third-order valence-electron chi connectivity index (χ3n) is 3.94. The maximum absolute atomic E-state index is 12.8. The van der Waals surface area contributed by atoms with Crippen LogP contribution >= 0.6 is 11.6 Å². The van der Waals surface area contributed by atoms with Crippen LogP contribution in [-0.4, -0.2) is 14.8 Å². The molecule has 0 unspecified atom stereocenters. The van der Waals surface area contributed by atoms with E-state index in [0.717, 1.165) is 11.2 Å². The predicted octanol–water partition coefficient (Wildman–Crippen LogP) is 3.41. The zero-order valence-electron chi connectivity index (χ0n) is 12.3. The van der Waals surface area contributed by atoms with E-state index in [4.69, 9.17) is 17.3 Å². The largest absolute Gasteiger partial charge is 0.397 e. The van der Waals surface area contributed by atoms with Crippen LogP contribution < -0.4 is 11.2 Å². The standard InChI is InChI=1S/C17H13ClN4O/c1-9-15-16(23)11-4-2-3-5-14(11)20-17(15)22(21-9)10-6-7-12(18)13(19)8-10/h2-8H,19H2,1H3,(H,20,23). The van der Waals surface area contributed by atoms with E-state index in [-0.39, 0.29) is 5.43 Å². The van der Waals surface area contributed by atoms with Gasteiger partial charge in [0.15, 0.2) is 0 Å². The lowest BCUT2D eigenvalue weighted by molar-refractivity contribution is 0.880. The number of aryl methyl sites for hydroxylation is 1. The Morgan fingerprint density at radius 1 is 1.22 bits per heavy atom. The first-order valence-electron chi connectivity index (χ1n) is 7.12. The lowest BCUT2D eigenvalue weighted by atomic mass is 10.1. The minimum atomic E-state index is -0.0277. The summed E-state index contributed by atoms with van der Waals surface area (Å²) in [6.07, 6.45) is 0. The molecule has 0 bridgehead atoms. The highest BCUT2D eigenvalue weighted by atomic mass is 35.5. The lowest BCUT2D eigenvalue weighted by Gasteiger charge is -2.06. The van der Waals surface area contributed by atoms with Gasteiger partial charge in [0.1, 0.15) is 5.65 Å². The van der Waals surface area contributed by atoms with E-state index in [9.17, 15) is 4.79 Å². The average Bonchev–Trinajstić information content (AvgIpc) is 2.87. The summed E-state index contributed by atoms with van der Waals surface area (Å²) in [4.78, 5) is 16.1. The Hall–Kier alpha value is -2.79. The molecule has 0 saturated heterocycles. The van der Waals surface area contributed by atoms with Gasteiger partial charge in [0.25, 0.3) is 0 Å². The highest BCUT2D eigenvalue weighted by molar-refractivity contribution is 6.33. The van der Waals surface area contributed by atoms with Crippen LogP contribution in [0, 0.1) is 6.92 Å². The number of nitrogens with one attached hydrogen (secondary N) is 1. The third kappa shape index (κ3) is 2.01. The lowest BCUT2D eigenvalue weighted by Crippen LogP contribution is -2.05. The average molecular weight is 325 g/mol. The summed E-state index contributed by atoms with van der Waals surface area (Å²) in [5, 5.41) is 6.22. The Kier molecular flexibility index (Phi) is 2.92. The summed E-state index contributed by atoms with van der Waals surface area (Å²) in [6.45, 7) is 1.82. The van der Waals surface area contributed by atoms with Gasteiger partial charge in [-0.15, -0.1) is 0 Å². The van der Waals surface area contributed by atoms with Crippen molar-refractivity contribution in [3.63, 3.8) is 0 Å². The van der Waals surface area contributed by atoms with E-state index in [1.165, 1.54) is 0 Å². The van der Waals surface area contributed by atoms with Crippen LogP contribution in [0.3, 0.4) is 0 Å². The maximum Gasteiger partial charge on any atom is 0.200 e. The van der Waals surface area contributed by atoms with E-state index in [1.54, 1.807) is 16.8 Å². The number of fused-ring (bicyclic) bond motifs is 2.